The SMILES string of the molecule is COC(=O)[C@@H](Cc1cnc2ccccc2n1)NC(=O)[C@@H](O)c1ccc(C(F)(F)F)cc1. The number of aliphatic hydroxyl groups excluding tert-OH is 1. The number of hydrogen-bond acceptors (Lipinski definition) is 6. The number of carbonyl (C=O) groups excluding carboxylic acids is 2. The van der Waals surface area contributed by atoms with E-state index in [1.807, 2.05) is 0 Å². The molecule has 10 heteroatoms. The standard InChI is InChI=1S/C21H18F3N3O4/c1-31-20(30)17(10-14-11-25-15-4-2-3-5-16(15)26-14)27-19(29)18(28)12-6-8-13(9-7-12)21(22,23)24/h2-9,11,17-18,28H,10H2,1H3,(H,27,29)/t17-,18+/m1/s1. The molecular weight excluding hydrogens is 415 g/mol. The molecule has 3 aromatic rings. The first-order valence-electron chi connectivity index (χ1n) is 9.13. The first-order valence-corrected chi connectivity index (χ1v) is 9.13. The van der Waals surface area contributed by atoms with E-state index in [4.69, 9.17) is 4.74 Å². The Morgan fingerprint density at radius 2 is 1.74 bits per heavy atom. The maximum Gasteiger partial charge on any atom is 0.416 e. The van der Waals surface area contributed by atoms with Gasteiger partial charge in [0.15, 0.2) is 6.10 Å². The van der Waals surface area contributed by atoms with Crippen molar-refractivity contribution in [2.24, 2.45) is 0 Å². The van der Waals surface area contributed by atoms with Crippen LogP contribution >= 0.6 is 0 Å². The summed E-state index contributed by atoms with van der Waals surface area (Å²) in [4.78, 5) is 33.2. The van der Waals surface area contributed by atoms with E-state index in [1.54, 1.807) is 24.3 Å². The zero-order chi connectivity index (χ0) is 22.6. The van der Waals surface area contributed by atoms with E-state index in [0.717, 1.165) is 31.4 Å². The van der Waals surface area contributed by atoms with Crippen molar-refractivity contribution in [3.05, 3.63) is 71.5 Å². The number of carbonyl (C=O) groups is 2. The van der Waals surface area contributed by atoms with E-state index in [0.29, 0.717) is 16.7 Å². The summed E-state index contributed by atoms with van der Waals surface area (Å²) >= 11 is 0. The minimum absolute atomic E-state index is 0.0559. The van der Waals surface area contributed by atoms with E-state index < -0.39 is 35.8 Å². The molecule has 0 radical (unpaired) electrons. The molecule has 0 aliphatic heterocycles. The van der Waals surface area contributed by atoms with Crippen LogP contribution in [0.2, 0.25) is 0 Å². The molecule has 0 bridgehead atoms. The lowest BCUT2D eigenvalue weighted by Gasteiger charge is -2.19. The fourth-order valence-corrected chi connectivity index (χ4v) is 2.89. The van der Waals surface area contributed by atoms with Crippen LogP contribution in [0.25, 0.3) is 11.0 Å². The third-order valence-electron chi connectivity index (χ3n) is 4.52. The molecule has 0 saturated carbocycles. The lowest BCUT2D eigenvalue weighted by atomic mass is 10.0. The van der Waals surface area contributed by atoms with Gasteiger partial charge in [0.05, 0.1) is 29.4 Å². The molecular formula is C21H18F3N3O4. The van der Waals surface area contributed by atoms with Crippen molar-refractivity contribution in [2.75, 3.05) is 7.11 Å². The molecule has 0 aliphatic carbocycles. The van der Waals surface area contributed by atoms with Gasteiger partial charge in [-0.2, -0.15) is 13.2 Å². The number of aromatic nitrogens is 2. The largest absolute Gasteiger partial charge is 0.467 e. The van der Waals surface area contributed by atoms with Crippen LogP contribution in [0, 0.1) is 0 Å². The molecule has 1 heterocycles. The van der Waals surface area contributed by atoms with Crippen LogP contribution in [0.4, 0.5) is 13.2 Å². The highest BCUT2D eigenvalue weighted by atomic mass is 19.4. The number of para-hydroxylation sites is 2. The van der Waals surface area contributed by atoms with Crippen molar-refractivity contribution in [3.8, 4) is 0 Å². The Kier molecular flexibility index (Phi) is 6.50. The zero-order valence-corrected chi connectivity index (χ0v) is 16.3. The van der Waals surface area contributed by atoms with E-state index >= 15 is 0 Å². The molecule has 1 aromatic heterocycles. The molecule has 31 heavy (non-hydrogen) atoms. The van der Waals surface area contributed by atoms with Gasteiger partial charge in [-0.05, 0) is 29.8 Å². The van der Waals surface area contributed by atoms with Crippen molar-refractivity contribution in [1.29, 1.82) is 0 Å². The molecule has 2 N–H and O–H groups in total. The zero-order valence-electron chi connectivity index (χ0n) is 16.3. The van der Waals surface area contributed by atoms with Gasteiger partial charge < -0.3 is 15.2 Å². The fourth-order valence-electron chi connectivity index (χ4n) is 2.89. The van der Waals surface area contributed by atoms with Crippen LogP contribution < -0.4 is 5.32 Å². The molecule has 0 aliphatic rings. The van der Waals surface area contributed by atoms with Gasteiger partial charge in [-0.3, -0.25) is 9.78 Å². The second-order valence-corrected chi connectivity index (χ2v) is 6.66. The summed E-state index contributed by atoms with van der Waals surface area (Å²) in [5.41, 5.74) is 0.687. The Morgan fingerprint density at radius 1 is 1.10 bits per heavy atom. The molecule has 7 nitrogen and oxygen atoms in total. The van der Waals surface area contributed by atoms with Crippen LogP contribution in [0.3, 0.4) is 0 Å². The topological polar surface area (TPSA) is 101 Å². The van der Waals surface area contributed by atoms with Gasteiger partial charge in [-0.25, -0.2) is 9.78 Å². The summed E-state index contributed by atoms with van der Waals surface area (Å²) in [5.74, 6) is -1.74. The van der Waals surface area contributed by atoms with Crippen LogP contribution in [0.1, 0.15) is 22.9 Å². The molecule has 0 fully saturated rings. The van der Waals surface area contributed by atoms with Gasteiger partial charge in [-0.15, -0.1) is 0 Å². The molecule has 0 saturated heterocycles. The minimum atomic E-state index is -4.54. The number of methoxy groups -OCH3 is 1. The van der Waals surface area contributed by atoms with Gasteiger partial charge in [0.25, 0.3) is 5.91 Å². The number of fused-ring (bicyclic) bond motifs is 1. The van der Waals surface area contributed by atoms with Gasteiger partial charge in [0.1, 0.15) is 6.04 Å². The average molecular weight is 433 g/mol. The Bertz CT molecular complexity index is 1090. The van der Waals surface area contributed by atoms with Gasteiger partial charge in [0, 0.05) is 12.6 Å². The second kappa shape index (κ2) is 9.09. The predicted molar refractivity (Wildman–Crippen MR) is 104 cm³/mol. The Hall–Kier alpha value is -3.53. The van der Waals surface area contributed by atoms with Crippen molar-refractivity contribution >= 4 is 22.9 Å². The smallest absolute Gasteiger partial charge is 0.416 e. The second-order valence-electron chi connectivity index (χ2n) is 6.66. The van der Waals surface area contributed by atoms with Crippen molar-refractivity contribution < 1.29 is 32.6 Å². The number of esters is 1. The molecule has 2 atom stereocenters. The quantitative estimate of drug-likeness (QED) is 0.580. The minimum Gasteiger partial charge on any atom is -0.467 e. The summed E-state index contributed by atoms with van der Waals surface area (Å²) in [6.07, 6.45) is -4.92. The number of rotatable bonds is 6. The fraction of sp³-hybridized carbons (Fsp3) is 0.238. The van der Waals surface area contributed by atoms with Gasteiger partial charge in [0.2, 0.25) is 0 Å². The van der Waals surface area contributed by atoms with Crippen LogP contribution in [-0.2, 0) is 26.9 Å². The van der Waals surface area contributed by atoms with Gasteiger partial charge in [-0.1, -0.05) is 24.3 Å². The highest BCUT2D eigenvalue weighted by Gasteiger charge is 2.31. The number of nitrogens with zero attached hydrogens (tertiary/aromatic N) is 2. The number of alkyl halides is 3. The lowest BCUT2D eigenvalue weighted by Crippen LogP contribution is -2.45. The maximum atomic E-state index is 12.7. The summed E-state index contributed by atoms with van der Waals surface area (Å²) in [6, 6.07) is 9.42. The normalized spacial score (nSPS) is 13.5. The number of nitrogens with one attached hydrogen (secondary N) is 1. The number of ether oxygens (including phenoxy) is 1. The first-order chi connectivity index (χ1) is 14.7. The monoisotopic (exact) mass is 433 g/mol. The third-order valence-corrected chi connectivity index (χ3v) is 4.52. The Labute approximate surface area is 174 Å². The average Bonchev–Trinajstić information content (AvgIpc) is 2.77. The number of benzene rings is 2. The van der Waals surface area contributed by atoms with Crippen LogP contribution in [0.5, 0.6) is 0 Å². The number of amides is 1. The summed E-state index contributed by atoms with van der Waals surface area (Å²) in [6.45, 7) is 0. The van der Waals surface area contributed by atoms with E-state index in [-0.39, 0.29) is 12.0 Å². The number of hydrogen-bond donors (Lipinski definition) is 2. The summed E-state index contributed by atoms with van der Waals surface area (Å²) < 4.78 is 42.7. The van der Waals surface area contributed by atoms with Crippen molar-refractivity contribution in [3.63, 3.8) is 0 Å². The highest BCUT2D eigenvalue weighted by Crippen LogP contribution is 2.30. The molecule has 1 amide bonds. The Morgan fingerprint density at radius 3 is 2.35 bits per heavy atom. The molecule has 162 valence electrons. The summed E-state index contributed by atoms with van der Waals surface area (Å²) in [7, 11) is 1.14. The van der Waals surface area contributed by atoms with Crippen LogP contribution in [0.15, 0.2) is 54.7 Å². The molecule has 0 unspecified atom stereocenters. The highest BCUT2D eigenvalue weighted by molar-refractivity contribution is 5.87. The summed E-state index contributed by atoms with van der Waals surface area (Å²) in [5, 5.41) is 12.6. The number of halogens is 3. The number of aliphatic hydroxyl groups is 1. The lowest BCUT2D eigenvalue weighted by molar-refractivity contribution is -0.146. The van der Waals surface area contributed by atoms with E-state index in [1.165, 1.54) is 6.20 Å². The first kappa shape index (κ1) is 22.2. The molecule has 3 rings (SSSR count). The van der Waals surface area contributed by atoms with Crippen LogP contribution in [-0.4, -0.2) is 40.1 Å². The Balaban J connectivity index is 1.75. The predicted octanol–water partition coefficient (Wildman–Crippen LogP) is 2.58. The molecule has 2 aromatic carbocycles. The molecule has 0 spiro atoms. The van der Waals surface area contributed by atoms with E-state index in [9.17, 15) is 27.9 Å². The third kappa shape index (κ3) is 5.34. The van der Waals surface area contributed by atoms with Gasteiger partial charge >= 0.3 is 12.1 Å². The van der Waals surface area contributed by atoms with E-state index in [2.05, 4.69) is 15.3 Å². The maximum absolute atomic E-state index is 12.7. The van der Waals surface area contributed by atoms with Crippen molar-refractivity contribution in [2.45, 2.75) is 24.7 Å². The van der Waals surface area contributed by atoms with Crippen molar-refractivity contribution in [1.82, 2.24) is 15.3 Å².